The standard InChI is InChI=1S/C13H20N6O.C2HF3O2/c1-17(2)8-11-6-10(15-20-11)7-19-5-4-13-12(9-19)14-16-18(13)3;3-2(4,5)1(6)7/h6H,4-5,7-9H2,1-3H3;(H,6,7). The monoisotopic (exact) mass is 390 g/mol. The number of alkyl halides is 3. The molecule has 1 N–H and O–H groups in total. The van der Waals surface area contributed by atoms with Crippen LogP contribution in [-0.4, -0.2) is 67.8 Å². The van der Waals surface area contributed by atoms with Gasteiger partial charge in [-0.1, -0.05) is 10.4 Å². The molecular formula is C15H21F3N6O3. The maximum absolute atomic E-state index is 10.6. The van der Waals surface area contributed by atoms with Crippen molar-refractivity contribution in [2.45, 2.75) is 32.2 Å². The summed E-state index contributed by atoms with van der Waals surface area (Å²) in [6.07, 6.45) is -4.10. The van der Waals surface area contributed by atoms with Crippen LogP contribution in [0.3, 0.4) is 0 Å². The molecule has 2 aromatic heterocycles. The summed E-state index contributed by atoms with van der Waals surface area (Å²) in [7, 11) is 5.98. The van der Waals surface area contributed by atoms with Crippen molar-refractivity contribution in [1.82, 2.24) is 30.0 Å². The van der Waals surface area contributed by atoms with E-state index in [1.165, 1.54) is 5.69 Å². The number of fused-ring (bicyclic) bond motifs is 1. The Hall–Kier alpha value is -2.47. The largest absolute Gasteiger partial charge is 0.490 e. The van der Waals surface area contributed by atoms with E-state index in [2.05, 4.69) is 25.3 Å². The van der Waals surface area contributed by atoms with Gasteiger partial charge in [-0.15, -0.1) is 5.10 Å². The van der Waals surface area contributed by atoms with Crippen LogP contribution in [0.4, 0.5) is 13.2 Å². The summed E-state index contributed by atoms with van der Waals surface area (Å²) in [5.74, 6) is -1.85. The van der Waals surface area contributed by atoms with Crippen LogP contribution >= 0.6 is 0 Å². The van der Waals surface area contributed by atoms with Gasteiger partial charge in [0.2, 0.25) is 0 Å². The van der Waals surface area contributed by atoms with E-state index in [9.17, 15) is 13.2 Å². The van der Waals surface area contributed by atoms with Crippen molar-refractivity contribution in [3.63, 3.8) is 0 Å². The Morgan fingerprint density at radius 3 is 2.67 bits per heavy atom. The van der Waals surface area contributed by atoms with Crippen LogP contribution in [0, 0.1) is 0 Å². The van der Waals surface area contributed by atoms with E-state index < -0.39 is 12.1 Å². The molecule has 0 radical (unpaired) electrons. The van der Waals surface area contributed by atoms with Gasteiger partial charge < -0.3 is 14.5 Å². The van der Waals surface area contributed by atoms with Gasteiger partial charge in [0, 0.05) is 39.2 Å². The van der Waals surface area contributed by atoms with Crippen molar-refractivity contribution in [1.29, 1.82) is 0 Å². The molecular weight excluding hydrogens is 369 g/mol. The number of nitrogens with zero attached hydrogens (tertiary/aromatic N) is 6. The highest BCUT2D eigenvalue weighted by atomic mass is 19.4. The average Bonchev–Trinajstić information content (AvgIpc) is 3.13. The molecule has 0 aliphatic carbocycles. The van der Waals surface area contributed by atoms with Crippen LogP contribution in [0.1, 0.15) is 22.8 Å². The average molecular weight is 390 g/mol. The predicted molar refractivity (Wildman–Crippen MR) is 86.4 cm³/mol. The predicted octanol–water partition coefficient (Wildman–Crippen LogP) is 1.06. The molecule has 9 nitrogen and oxygen atoms in total. The molecule has 12 heteroatoms. The molecule has 0 aromatic carbocycles. The van der Waals surface area contributed by atoms with Crippen LogP contribution < -0.4 is 0 Å². The van der Waals surface area contributed by atoms with Gasteiger partial charge in [-0.25, -0.2) is 4.79 Å². The molecule has 150 valence electrons. The fourth-order valence-electron chi connectivity index (χ4n) is 2.58. The SMILES string of the molecule is CN(C)Cc1cc(CN2CCc3c(nnn3C)C2)no1.O=C(O)C(F)(F)F. The molecule has 1 aliphatic rings. The normalized spacial score (nSPS) is 14.6. The Morgan fingerprint density at radius 1 is 1.41 bits per heavy atom. The lowest BCUT2D eigenvalue weighted by atomic mass is 10.1. The number of halogens is 3. The highest BCUT2D eigenvalue weighted by molar-refractivity contribution is 5.73. The number of carbonyl (C=O) groups is 1. The van der Waals surface area contributed by atoms with Crippen molar-refractivity contribution >= 4 is 5.97 Å². The van der Waals surface area contributed by atoms with Gasteiger partial charge in [-0.2, -0.15) is 13.2 Å². The highest BCUT2D eigenvalue weighted by Gasteiger charge is 2.38. The van der Waals surface area contributed by atoms with Crippen molar-refractivity contribution in [3.8, 4) is 0 Å². The Morgan fingerprint density at radius 2 is 2.07 bits per heavy atom. The summed E-state index contributed by atoms with van der Waals surface area (Å²) in [5, 5.41) is 19.6. The minimum atomic E-state index is -5.08. The van der Waals surface area contributed by atoms with Crippen LogP contribution in [0.15, 0.2) is 10.6 Å². The van der Waals surface area contributed by atoms with Crippen molar-refractivity contribution in [2.75, 3.05) is 20.6 Å². The van der Waals surface area contributed by atoms with E-state index in [0.29, 0.717) is 0 Å². The van der Waals surface area contributed by atoms with Crippen LogP contribution in [-0.2, 0) is 37.9 Å². The third-order valence-corrected chi connectivity index (χ3v) is 3.77. The van der Waals surface area contributed by atoms with E-state index in [0.717, 1.165) is 49.7 Å². The Bertz CT molecular complexity index is 771. The second-order valence-corrected chi connectivity index (χ2v) is 6.39. The lowest BCUT2D eigenvalue weighted by Gasteiger charge is -2.24. The van der Waals surface area contributed by atoms with Gasteiger partial charge in [-0.3, -0.25) is 9.58 Å². The molecule has 0 bridgehead atoms. The molecule has 3 rings (SSSR count). The fraction of sp³-hybridized carbons (Fsp3) is 0.600. The Kier molecular flexibility index (Phi) is 6.54. The number of hydrogen-bond acceptors (Lipinski definition) is 7. The molecule has 0 spiro atoms. The minimum Gasteiger partial charge on any atom is -0.475 e. The van der Waals surface area contributed by atoms with Crippen molar-refractivity contribution in [2.24, 2.45) is 7.05 Å². The first-order chi connectivity index (χ1) is 12.6. The van der Waals surface area contributed by atoms with Gasteiger partial charge >= 0.3 is 12.1 Å². The van der Waals surface area contributed by atoms with Crippen molar-refractivity contribution < 1.29 is 27.6 Å². The number of aliphatic carboxylic acids is 1. The molecule has 2 aromatic rings. The lowest BCUT2D eigenvalue weighted by molar-refractivity contribution is -0.192. The van der Waals surface area contributed by atoms with Crippen LogP contribution in [0.25, 0.3) is 0 Å². The first kappa shape index (κ1) is 20.8. The van der Waals surface area contributed by atoms with E-state index in [4.69, 9.17) is 14.4 Å². The van der Waals surface area contributed by atoms with E-state index >= 15 is 0 Å². The van der Waals surface area contributed by atoms with Gasteiger partial charge in [0.05, 0.1) is 23.6 Å². The zero-order chi connectivity index (χ0) is 20.2. The van der Waals surface area contributed by atoms with Crippen molar-refractivity contribution in [3.05, 3.63) is 28.9 Å². The van der Waals surface area contributed by atoms with Gasteiger partial charge in [0.1, 0.15) is 0 Å². The summed E-state index contributed by atoms with van der Waals surface area (Å²) in [4.78, 5) is 13.3. The summed E-state index contributed by atoms with van der Waals surface area (Å²) in [5.41, 5.74) is 3.31. The molecule has 27 heavy (non-hydrogen) atoms. The molecule has 0 saturated heterocycles. The zero-order valence-corrected chi connectivity index (χ0v) is 15.2. The first-order valence-corrected chi connectivity index (χ1v) is 8.05. The van der Waals surface area contributed by atoms with Gasteiger partial charge in [0.15, 0.2) is 5.76 Å². The second-order valence-electron chi connectivity index (χ2n) is 6.39. The molecule has 3 heterocycles. The Balaban J connectivity index is 0.000000321. The molecule has 0 amide bonds. The maximum Gasteiger partial charge on any atom is 0.490 e. The maximum atomic E-state index is 10.6. The molecule has 1 aliphatic heterocycles. The van der Waals surface area contributed by atoms with Crippen LogP contribution in [0.2, 0.25) is 0 Å². The zero-order valence-electron chi connectivity index (χ0n) is 15.2. The number of hydrogen-bond donors (Lipinski definition) is 1. The summed E-state index contributed by atoms with van der Waals surface area (Å²) in [6.45, 7) is 3.41. The van der Waals surface area contributed by atoms with E-state index in [1.54, 1.807) is 0 Å². The minimum absolute atomic E-state index is 0.779. The lowest BCUT2D eigenvalue weighted by Crippen LogP contribution is -2.30. The summed E-state index contributed by atoms with van der Waals surface area (Å²) < 4.78 is 38.9. The second kappa shape index (κ2) is 8.48. The number of aromatic nitrogens is 4. The smallest absolute Gasteiger partial charge is 0.475 e. The number of carboxylic acids is 1. The third-order valence-electron chi connectivity index (χ3n) is 3.77. The number of carboxylic acid groups (broad SMARTS) is 1. The number of aryl methyl sites for hydroxylation is 1. The molecule has 0 fully saturated rings. The molecule has 0 saturated carbocycles. The highest BCUT2D eigenvalue weighted by Crippen LogP contribution is 2.18. The third kappa shape index (κ3) is 6.03. The quantitative estimate of drug-likeness (QED) is 0.827. The topological polar surface area (TPSA) is 101 Å². The van der Waals surface area contributed by atoms with Gasteiger partial charge in [-0.05, 0) is 14.1 Å². The number of rotatable bonds is 4. The Labute approximate surface area is 153 Å². The molecule has 0 unspecified atom stereocenters. The van der Waals surface area contributed by atoms with E-state index in [1.807, 2.05) is 31.9 Å². The molecule has 0 atom stereocenters. The summed E-state index contributed by atoms with van der Waals surface area (Å²) >= 11 is 0. The van der Waals surface area contributed by atoms with Crippen LogP contribution in [0.5, 0.6) is 0 Å². The fourth-order valence-corrected chi connectivity index (χ4v) is 2.58. The first-order valence-electron chi connectivity index (χ1n) is 8.05. The summed E-state index contributed by atoms with van der Waals surface area (Å²) in [6, 6.07) is 2.03. The van der Waals surface area contributed by atoms with E-state index in [-0.39, 0.29) is 0 Å². The van der Waals surface area contributed by atoms with Gasteiger partial charge in [0.25, 0.3) is 0 Å².